The number of hydrogen-bond acceptors (Lipinski definition) is 6. The van der Waals surface area contributed by atoms with Crippen LogP contribution >= 0.6 is 0 Å². The molecule has 0 aromatic carbocycles. The smallest absolute Gasteiger partial charge is 0.238 e. The largest absolute Gasteiger partial charge is 0.354 e. The highest BCUT2D eigenvalue weighted by molar-refractivity contribution is 5.86. The van der Waals surface area contributed by atoms with Crippen LogP contribution in [0.4, 0.5) is 0 Å². The Kier molecular flexibility index (Phi) is 3.66. The second kappa shape index (κ2) is 5.39. The van der Waals surface area contributed by atoms with E-state index in [9.17, 15) is 9.59 Å². The molecule has 0 bridgehead atoms. The second-order valence-electron chi connectivity index (χ2n) is 3.61. The highest BCUT2D eigenvalue weighted by Gasteiger charge is 2.23. The first-order chi connectivity index (χ1) is 8.25. The first kappa shape index (κ1) is 11.5. The van der Waals surface area contributed by atoms with Gasteiger partial charge in [0.1, 0.15) is 6.04 Å². The van der Waals surface area contributed by atoms with Gasteiger partial charge in [-0.25, -0.2) is 0 Å². The van der Waals surface area contributed by atoms with Crippen molar-refractivity contribution in [2.24, 2.45) is 0 Å². The van der Waals surface area contributed by atoms with Crippen molar-refractivity contribution < 1.29 is 14.1 Å². The standard InChI is InChI=1S/C9H13N5O3/c15-7-4-11-6(3-12-7)9(16)10-2-1-8-13-5-14-17-8/h5-6,11H,1-4H2,(H,10,16)(H,12,15). The topological polar surface area (TPSA) is 109 Å². The monoisotopic (exact) mass is 239 g/mol. The lowest BCUT2D eigenvalue weighted by molar-refractivity contribution is -0.126. The van der Waals surface area contributed by atoms with Crippen LogP contribution in [0.3, 0.4) is 0 Å². The summed E-state index contributed by atoms with van der Waals surface area (Å²) in [6.07, 6.45) is 1.81. The Labute approximate surface area is 97.1 Å². The lowest BCUT2D eigenvalue weighted by Gasteiger charge is -2.22. The lowest BCUT2D eigenvalue weighted by atomic mass is 10.2. The zero-order valence-corrected chi connectivity index (χ0v) is 9.10. The number of hydrogen-bond donors (Lipinski definition) is 3. The molecule has 0 spiro atoms. The van der Waals surface area contributed by atoms with E-state index in [4.69, 9.17) is 4.52 Å². The van der Waals surface area contributed by atoms with Crippen molar-refractivity contribution in [2.75, 3.05) is 19.6 Å². The van der Waals surface area contributed by atoms with Crippen LogP contribution in [0.1, 0.15) is 5.89 Å². The van der Waals surface area contributed by atoms with Crippen LogP contribution in [-0.4, -0.2) is 47.6 Å². The summed E-state index contributed by atoms with van der Waals surface area (Å²) in [5.41, 5.74) is 0. The average molecular weight is 239 g/mol. The zero-order chi connectivity index (χ0) is 12.1. The van der Waals surface area contributed by atoms with Crippen LogP contribution in [0.5, 0.6) is 0 Å². The number of carbonyl (C=O) groups excluding carboxylic acids is 2. The Balaban J connectivity index is 1.68. The maximum Gasteiger partial charge on any atom is 0.238 e. The summed E-state index contributed by atoms with van der Waals surface area (Å²) in [5, 5.41) is 11.6. The van der Waals surface area contributed by atoms with Crippen LogP contribution in [0, 0.1) is 0 Å². The van der Waals surface area contributed by atoms with Crippen LogP contribution < -0.4 is 16.0 Å². The van der Waals surface area contributed by atoms with E-state index in [1.807, 2.05) is 0 Å². The molecule has 92 valence electrons. The molecule has 1 aliphatic rings. The number of piperazine rings is 1. The summed E-state index contributed by atoms with van der Waals surface area (Å²) in [6.45, 7) is 0.903. The molecule has 2 heterocycles. The van der Waals surface area contributed by atoms with E-state index in [1.54, 1.807) is 0 Å². The van der Waals surface area contributed by atoms with Crippen LogP contribution in [0.15, 0.2) is 10.9 Å². The van der Waals surface area contributed by atoms with E-state index in [2.05, 4.69) is 26.1 Å². The van der Waals surface area contributed by atoms with Crippen LogP contribution in [0.25, 0.3) is 0 Å². The van der Waals surface area contributed by atoms with Crippen molar-refractivity contribution >= 4 is 11.8 Å². The number of carbonyl (C=O) groups is 2. The van der Waals surface area contributed by atoms with Gasteiger partial charge in [-0.1, -0.05) is 5.16 Å². The fourth-order valence-corrected chi connectivity index (χ4v) is 1.47. The molecule has 8 nitrogen and oxygen atoms in total. The Bertz CT molecular complexity index is 381. The SMILES string of the molecule is O=C1CNC(C(=O)NCCc2ncno2)CN1. The highest BCUT2D eigenvalue weighted by Crippen LogP contribution is 1.92. The highest BCUT2D eigenvalue weighted by atomic mass is 16.5. The van der Waals surface area contributed by atoms with E-state index in [1.165, 1.54) is 6.33 Å². The number of amides is 2. The van der Waals surface area contributed by atoms with E-state index >= 15 is 0 Å². The van der Waals surface area contributed by atoms with E-state index in [0.717, 1.165) is 0 Å². The molecule has 1 aromatic rings. The molecule has 8 heteroatoms. The molecular weight excluding hydrogens is 226 g/mol. The van der Waals surface area contributed by atoms with Gasteiger partial charge in [0.15, 0.2) is 6.33 Å². The number of nitrogens with zero attached hydrogens (tertiary/aromatic N) is 2. The number of aromatic nitrogens is 2. The molecule has 2 amide bonds. The van der Waals surface area contributed by atoms with Crippen LogP contribution in [-0.2, 0) is 16.0 Å². The molecule has 0 aliphatic carbocycles. The lowest BCUT2D eigenvalue weighted by Crippen LogP contribution is -2.58. The number of nitrogens with one attached hydrogen (secondary N) is 3. The summed E-state index contributed by atoms with van der Waals surface area (Å²) in [6, 6.07) is -0.379. The van der Waals surface area contributed by atoms with Crippen molar-refractivity contribution in [1.82, 2.24) is 26.1 Å². The van der Waals surface area contributed by atoms with Crippen molar-refractivity contribution in [3.63, 3.8) is 0 Å². The van der Waals surface area contributed by atoms with Gasteiger partial charge < -0.3 is 15.2 Å². The van der Waals surface area contributed by atoms with Gasteiger partial charge in [0.05, 0.1) is 6.54 Å². The van der Waals surface area contributed by atoms with Crippen molar-refractivity contribution in [1.29, 1.82) is 0 Å². The van der Waals surface area contributed by atoms with Crippen molar-refractivity contribution in [2.45, 2.75) is 12.5 Å². The van der Waals surface area contributed by atoms with Gasteiger partial charge >= 0.3 is 0 Å². The minimum Gasteiger partial charge on any atom is -0.354 e. The summed E-state index contributed by atoms with van der Waals surface area (Å²) in [7, 11) is 0. The molecule has 0 saturated carbocycles. The predicted molar refractivity (Wildman–Crippen MR) is 55.8 cm³/mol. The molecular formula is C9H13N5O3. The zero-order valence-electron chi connectivity index (χ0n) is 9.10. The molecule has 0 radical (unpaired) electrons. The van der Waals surface area contributed by atoms with E-state index in [-0.39, 0.29) is 24.4 Å². The third kappa shape index (κ3) is 3.25. The Morgan fingerprint density at radius 2 is 2.53 bits per heavy atom. The summed E-state index contributed by atoms with van der Waals surface area (Å²) in [5.74, 6) is 0.236. The Hall–Kier alpha value is -1.96. The first-order valence-electron chi connectivity index (χ1n) is 5.29. The summed E-state index contributed by atoms with van der Waals surface area (Å²) >= 11 is 0. The van der Waals surface area contributed by atoms with Gasteiger partial charge in [-0.3, -0.25) is 14.9 Å². The van der Waals surface area contributed by atoms with Crippen molar-refractivity contribution in [3.05, 3.63) is 12.2 Å². The molecule has 2 rings (SSSR count). The van der Waals surface area contributed by atoms with Crippen LogP contribution in [0.2, 0.25) is 0 Å². The first-order valence-corrected chi connectivity index (χ1v) is 5.29. The predicted octanol–water partition coefficient (Wildman–Crippen LogP) is -2.18. The molecule has 1 aliphatic heterocycles. The fourth-order valence-electron chi connectivity index (χ4n) is 1.47. The molecule has 17 heavy (non-hydrogen) atoms. The second-order valence-corrected chi connectivity index (χ2v) is 3.61. The molecule has 1 fully saturated rings. The maximum atomic E-state index is 11.6. The molecule has 1 saturated heterocycles. The quantitative estimate of drug-likeness (QED) is 0.551. The minimum atomic E-state index is -0.379. The Morgan fingerprint density at radius 1 is 1.65 bits per heavy atom. The maximum absolute atomic E-state index is 11.6. The normalized spacial score (nSPS) is 19.8. The molecule has 1 aromatic heterocycles. The van der Waals surface area contributed by atoms with Gasteiger partial charge in [-0.05, 0) is 0 Å². The van der Waals surface area contributed by atoms with Crippen molar-refractivity contribution in [3.8, 4) is 0 Å². The molecule has 1 unspecified atom stereocenters. The van der Waals surface area contributed by atoms with E-state index in [0.29, 0.717) is 25.4 Å². The van der Waals surface area contributed by atoms with Gasteiger partial charge in [0.25, 0.3) is 0 Å². The fraction of sp³-hybridized carbons (Fsp3) is 0.556. The van der Waals surface area contributed by atoms with Gasteiger partial charge in [-0.15, -0.1) is 0 Å². The summed E-state index contributed by atoms with van der Waals surface area (Å²) < 4.78 is 4.79. The van der Waals surface area contributed by atoms with Gasteiger partial charge in [0, 0.05) is 19.5 Å². The van der Waals surface area contributed by atoms with E-state index < -0.39 is 0 Å². The third-order valence-electron chi connectivity index (χ3n) is 2.37. The molecule has 3 N–H and O–H groups in total. The van der Waals surface area contributed by atoms with Gasteiger partial charge in [0.2, 0.25) is 17.7 Å². The van der Waals surface area contributed by atoms with Gasteiger partial charge in [-0.2, -0.15) is 4.98 Å². The third-order valence-corrected chi connectivity index (χ3v) is 2.37. The summed E-state index contributed by atoms with van der Waals surface area (Å²) in [4.78, 5) is 26.3. The minimum absolute atomic E-state index is 0.0973. The molecule has 1 atom stereocenters. The number of rotatable bonds is 4. The Morgan fingerprint density at radius 3 is 3.18 bits per heavy atom. The average Bonchev–Trinajstić information content (AvgIpc) is 2.83.